The molecule has 6 nitrogen and oxygen atoms in total. The molecule has 0 amide bonds. The van der Waals surface area contributed by atoms with E-state index in [2.05, 4.69) is 20.7 Å². The second-order valence-electron chi connectivity index (χ2n) is 4.97. The van der Waals surface area contributed by atoms with E-state index in [4.69, 9.17) is 5.84 Å². The lowest BCUT2D eigenvalue weighted by atomic mass is 10.1. The predicted octanol–water partition coefficient (Wildman–Crippen LogP) is 1.31. The Kier molecular flexibility index (Phi) is 5.30. The molecular formula is C12H23N5O. The van der Waals surface area contributed by atoms with Gasteiger partial charge in [0.25, 0.3) is 0 Å². The van der Waals surface area contributed by atoms with Crippen LogP contribution in [-0.4, -0.2) is 27.7 Å². The van der Waals surface area contributed by atoms with Crippen molar-refractivity contribution in [2.75, 3.05) is 17.3 Å². The Hall–Kier alpha value is -1.40. The van der Waals surface area contributed by atoms with Gasteiger partial charge in [-0.2, -0.15) is 0 Å². The first-order chi connectivity index (χ1) is 8.47. The topological polar surface area (TPSA) is 96.1 Å². The van der Waals surface area contributed by atoms with Crippen molar-refractivity contribution in [3.05, 3.63) is 11.9 Å². The Morgan fingerprint density at radius 1 is 1.22 bits per heavy atom. The number of nitrogens with zero attached hydrogens (tertiary/aromatic N) is 2. The lowest BCUT2D eigenvalue weighted by molar-refractivity contribution is 0.249. The van der Waals surface area contributed by atoms with Crippen molar-refractivity contribution >= 4 is 11.6 Å². The van der Waals surface area contributed by atoms with E-state index < -0.39 is 0 Å². The third-order valence-corrected chi connectivity index (χ3v) is 2.74. The van der Waals surface area contributed by atoms with E-state index in [9.17, 15) is 5.11 Å². The molecule has 0 spiro atoms. The minimum absolute atomic E-state index is 0.0365. The third-order valence-electron chi connectivity index (χ3n) is 2.74. The van der Waals surface area contributed by atoms with E-state index in [1.165, 1.54) is 0 Å². The molecule has 1 heterocycles. The van der Waals surface area contributed by atoms with Gasteiger partial charge in [0.15, 0.2) is 0 Å². The van der Waals surface area contributed by atoms with Gasteiger partial charge in [0.2, 0.25) is 0 Å². The van der Waals surface area contributed by atoms with Crippen molar-refractivity contribution in [2.45, 2.75) is 39.7 Å². The lowest BCUT2D eigenvalue weighted by Gasteiger charge is -2.21. The van der Waals surface area contributed by atoms with Crippen molar-refractivity contribution in [1.29, 1.82) is 0 Å². The summed E-state index contributed by atoms with van der Waals surface area (Å²) in [5.41, 5.74) is 2.53. The normalized spacial score (nSPS) is 12.9. The smallest absolute Gasteiger partial charge is 0.145 e. The number of aliphatic hydroxyl groups is 1. The number of nitrogens with two attached hydrogens (primary N) is 1. The van der Waals surface area contributed by atoms with Crippen LogP contribution in [0.1, 0.15) is 39.4 Å². The van der Waals surface area contributed by atoms with Crippen LogP contribution >= 0.6 is 0 Å². The molecule has 0 aromatic carbocycles. The summed E-state index contributed by atoms with van der Waals surface area (Å²) < 4.78 is 0. The van der Waals surface area contributed by atoms with E-state index in [0.29, 0.717) is 23.4 Å². The fourth-order valence-electron chi connectivity index (χ4n) is 1.49. The minimum atomic E-state index is -0.0365. The zero-order valence-corrected chi connectivity index (χ0v) is 11.4. The molecular weight excluding hydrogens is 230 g/mol. The quantitative estimate of drug-likeness (QED) is 0.451. The standard InChI is InChI=1S/C12H23N5O/c1-7(2)9(6-18)14-10-5-11(17-13)16-12(15-10)8(3)4/h5,7-9,18H,6,13H2,1-4H3,(H2,14,15,16,17). The number of hydrogen-bond donors (Lipinski definition) is 4. The molecule has 0 aliphatic heterocycles. The maximum Gasteiger partial charge on any atom is 0.145 e. The van der Waals surface area contributed by atoms with Crippen LogP contribution in [0.2, 0.25) is 0 Å². The first-order valence-corrected chi connectivity index (χ1v) is 6.21. The van der Waals surface area contributed by atoms with Gasteiger partial charge in [0.1, 0.15) is 17.5 Å². The number of nitrogens with one attached hydrogen (secondary N) is 2. The molecule has 6 heteroatoms. The van der Waals surface area contributed by atoms with Crippen molar-refractivity contribution in [1.82, 2.24) is 9.97 Å². The molecule has 1 aromatic heterocycles. The summed E-state index contributed by atoms with van der Waals surface area (Å²) >= 11 is 0. The van der Waals surface area contributed by atoms with Gasteiger partial charge in [-0.1, -0.05) is 27.7 Å². The van der Waals surface area contributed by atoms with Crippen molar-refractivity contribution in [2.24, 2.45) is 11.8 Å². The third kappa shape index (κ3) is 3.82. The van der Waals surface area contributed by atoms with Crippen LogP contribution in [0, 0.1) is 5.92 Å². The monoisotopic (exact) mass is 253 g/mol. The number of anilines is 2. The lowest BCUT2D eigenvalue weighted by Crippen LogP contribution is -2.30. The Morgan fingerprint density at radius 3 is 2.28 bits per heavy atom. The molecule has 0 fully saturated rings. The molecule has 1 atom stereocenters. The summed E-state index contributed by atoms with van der Waals surface area (Å²) in [7, 11) is 0. The van der Waals surface area contributed by atoms with Crippen LogP contribution in [0.4, 0.5) is 11.6 Å². The van der Waals surface area contributed by atoms with E-state index in [1.807, 2.05) is 27.7 Å². The number of hydrazine groups is 1. The molecule has 1 rings (SSSR count). The van der Waals surface area contributed by atoms with E-state index in [0.717, 1.165) is 0 Å². The van der Waals surface area contributed by atoms with Crippen LogP contribution in [0.3, 0.4) is 0 Å². The van der Waals surface area contributed by atoms with Crippen LogP contribution in [0.5, 0.6) is 0 Å². The molecule has 102 valence electrons. The molecule has 0 saturated heterocycles. The Morgan fingerprint density at radius 2 is 1.83 bits per heavy atom. The number of rotatable bonds is 6. The fourth-order valence-corrected chi connectivity index (χ4v) is 1.49. The summed E-state index contributed by atoms with van der Waals surface area (Å²) in [5, 5.41) is 12.5. The van der Waals surface area contributed by atoms with Crippen LogP contribution in [0.15, 0.2) is 6.07 Å². The molecule has 5 N–H and O–H groups in total. The number of aromatic nitrogens is 2. The zero-order chi connectivity index (χ0) is 13.7. The Labute approximate surface area is 108 Å². The number of nitrogen functional groups attached to an aromatic ring is 1. The number of hydrogen-bond acceptors (Lipinski definition) is 6. The SMILES string of the molecule is CC(C)c1nc(NN)cc(NC(CO)C(C)C)n1. The van der Waals surface area contributed by atoms with Gasteiger partial charge in [-0.25, -0.2) is 15.8 Å². The minimum Gasteiger partial charge on any atom is -0.394 e. The first kappa shape index (κ1) is 14.7. The fraction of sp³-hybridized carbons (Fsp3) is 0.667. The van der Waals surface area contributed by atoms with Crippen molar-refractivity contribution in [3.8, 4) is 0 Å². The predicted molar refractivity (Wildman–Crippen MR) is 73.3 cm³/mol. The zero-order valence-electron chi connectivity index (χ0n) is 11.4. The Bertz CT molecular complexity index is 381. The van der Waals surface area contributed by atoms with Gasteiger partial charge in [-0.3, -0.25) is 0 Å². The first-order valence-electron chi connectivity index (χ1n) is 6.21. The van der Waals surface area contributed by atoms with Gasteiger partial charge in [0, 0.05) is 12.0 Å². The highest BCUT2D eigenvalue weighted by atomic mass is 16.3. The molecule has 0 bridgehead atoms. The summed E-state index contributed by atoms with van der Waals surface area (Å²) in [6.45, 7) is 8.18. The second-order valence-corrected chi connectivity index (χ2v) is 4.97. The van der Waals surface area contributed by atoms with Gasteiger partial charge in [-0.15, -0.1) is 0 Å². The molecule has 0 saturated carbocycles. The van der Waals surface area contributed by atoms with Crippen molar-refractivity contribution in [3.63, 3.8) is 0 Å². The maximum atomic E-state index is 9.32. The molecule has 0 aliphatic rings. The molecule has 1 aromatic rings. The maximum absolute atomic E-state index is 9.32. The van der Waals surface area contributed by atoms with Crippen molar-refractivity contribution < 1.29 is 5.11 Å². The van der Waals surface area contributed by atoms with Gasteiger partial charge in [0.05, 0.1) is 12.6 Å². The summed E-state index contributed by atoms with van der Waals surface area (Å²) in [5.74, 6) is 7.87. The largest absolute Gasteiger partial charge is 0.394 e. The van der Waals surface area contributed by atoms with Gasteiger partial charge in [-0.05, 0) is 5.92 Å². The van der Waals surface area contributed by atoms with Crippen LogP contribution < -0.4 is 16.6 Å². The highest BCUT2D eigenvalue weighted by molar-refractivity contribution is 5.47. The highest BCUT2D eigenvalue weighted by Gasteiger charge is 2.14. The van der Waals surface area contributed by atoms with E-state index >= 15 is 0 Å². The molecule has 1 unspecified atom stereocenters. The number of aliphatic hydroxyl groups excluding tert-OH is 1. The average Bonchev–Trinajstić information content (AvgIpc) is 2.34. The van der Waals surface area contributed by atoms with Crippen LogP contribution in [0.25, 0.3) is 0 Å². The Balaban J connectivity index is 2.97. The summed E-state index contributed by atoms with van der Waals surface area (Å²) in [4.78, 5) is 8.70. The molecule has 0 aliphatic carbocycles. The van der Waals surface area contributed by atoms with Crippen LogP contribution in [-0.2, 0) is 0 Å². The molecule has 0 radical (unpaired) electrons. The molecule has 18 heavy (non-hydrogen) atoms. The van der Waals surface area contributed by atoms with Gasteiger partial charge >= 0.3 is 0 Å². The summed E-state index contributed by atoms with van der Waals surface area (Å²) in [6, 6.07) is 1.70. The highest BCUT2D eigenvalue weighted by Crippen LogP contribution is 2.18. The van der Waals surface area contributed by atoms with E-state index in [-0.39, 0.29) is 18.6 Å². The second kappa shape index (κ2) is 6.51. The average molecular weight is 253 g/mol. The summed E-state index contributed by atoms with van der Waals surface area (Å²) in [6.07, 6.45) is 0. The van der Waals surface area contributed by atoms with Gasteiger partial charge < -0.3 is 15.8 Å². The van der Waals surface area contributed by atoms with E-state index in [1.54, 1.807) is 6.07 Å².